The summed E-state index contributed by atoms with van der Waals surface area (Å²) in [4.78, 5) is 0. The molecule has 0 aliphatic rings. The number of sulfonamides is 1. The maximum Gasteiger partial charge on any atom is 0.247 e. The van der Waals surface area contributed by atoms with Gasteiger partial charge in [-0.05, 0) is 6.07 Å². The molecular formula is C7H6N2O3S2. The van der Waals surface area contributed by atoms with E-state index in [0.29, 0.717) is 14.8 Å². The van der Waals surface area contributed by atoms with Gasteiger partial charge in [0.15, 0.2) is 12.4 Å². The number of primary sulfonamides is 1. The Labute approximate surface area is 84.0 Å². The topological polar surface area (TPSA) is 87.1 Å². The molecule has 0 saturated carbocycles. The molecule has 7 heteroatoms. The summed E-state index contributed by atoms with van der Waals surface area (Å²) >= 11 is 0.985. The van der Waals surface area contributed by atoms with Gasteiger partial charge in [0.25, 0.3) is 0 Å². The molecule has 0 aromatic carbocycles. The van der Waals surface area contributed by atoms with Crippen molar-refractivity contribution in [3.05, 3.63) is 29.7 Å². The SMILES string of the molecule is NS(=O)(=O)c1cc2cc[n+]([O-])cc2s1. The van der Waals surface area contributed by atoms with Gasteiger partial charge in [0.2, 0.25) is 10.0 Å². The zero-order valence-electron chi connectivity index (χ0n) is 6.88. The predicted octanol–water partition coefficient (Wildman–Crippen LogP) is 0.182. The highest BCUT2D eigenvalue weighted by Crippen LogP contribution is 2.26. The molecule has 0 bridgehead atoms. The first kappa shape index (κ1) is 9.38. The van der Waals surface area contributed by atoms with Crippen LogP contribution < -0.4 is 9.87 Å². The highest BCUT2D eigenvalue weighted by molar-refractivity contribution is 7.91. The van der Waals surface area contributed by atoms with Gasteiger partial charge in [0.05, 0.1) is 0 Å². The second-order valence-electron chi connectivity index (χ2n) is 2.73. The average molecular weight is 230 g/mol. The zero-order chi connectivity index (χ0) is 10.3. The van der Waals surface area contributed by atoms with E-state index in [1.54, 1.807) is 6.07 Å². The van der Waals surface area contributed by atoms with Crippen LogP contribution in [0.1, 0.15) is 0 Å². The van der Waals surface area contributed by atoms with Crippen molar-refractivity contribution in [2.45, 2.75) is 4.21 Å². The molecule has 2 aromatic heterocycles. The van der Waals surface area contributed by atoms with E-state index in [2.05, 4.69) is 0 Å². The Morgan fingerprint density at radius 2 is 2.21 bits per heavy atom. The Balaban J connectivity index is 2.75. The van der Waals surface area contributed by atoms with Crippen molar-refractivity contribution in [2.24, 2.45) is 5.14 Å². The van der Waals surface area contributed by atoms with Crippen LogP contribution in [-0.4, -0.2) is 8.42 Å². The summed E-state index contributed by atoms with van der Waals surface area (Å²) in [7, 11) is -3.67. The first-order valence-corrected chi connectivity index (χ1v) is 5.98. The molecule has 0 radical (unpaired) electrons. The van der Waals surface area contributed by atoms with Gasteiger partial charge in [0, 0.05) is 11.5 Å². The number of pyridine rings is 1. The average Bonchev–Trinajstić information content (AvgIpc) is 2.45. The van der Waals surface area contributed by atoms with Gasteiger partial charge in [-0.3, -0.25) is 0 Å². The monoisotopic (exact) mass is 230 g/mol. The third kappa shape index (κ3) is 1.57. The third-order valence-electron chi connectivity index (χ3n) is 1.69. The van der Waals surface area contributed by atoms with Crippen LogP contribution in [0.3, 0.4) is 0 Å². The minimum atomic E-state index is -3.67. The smallest absolute Gasteiger partial charge is 0.247 e. The standard InChI is InChI=1S/C7H6N2O3S2/c8-14(11,12)7-3-5-1-2-9(10)4-6(5)13-7/h1-4H,(H2,8,11,12). The molecule has 0 atom stereocenters. The van der Waals surface area contributed by atoms with Crippen molar-refractivity contribution < 1.29 is 13.1 Å². The maximum absolute atomic E-state index is 11.0. The highest BCUT2D eigenvalue weighted by atomic mass is 32.2. The Morgan fingerprint density at radius 1 is 1.50 bits per heavy atom. The fourth-order valence-electron chi connectivity index (χ4n) is 1.08. The Morgan fingerprint density at radius 3 is 2.86 bits per heavy atom. The number of rotatable bonds is 1. The molecule has 0 amide bonds. The zero-order valence-corrected chi connectivity index (χ0v) is 8.51. The lowest BCUT2D eigenvalue weighted by Crippen LogP contribution is -2.23. The summed E-state index contributed by atoms with van der Waals surface area (Å²) in [6.07, 6.45) is 2.62. The molecule has 2 N–H and O–H groups in total. The molecule has 74 valence electrons. The summed E-state index contributed by atoms with van der Waals surface area (Å²) in [5.74, 6) is 0. The summed E-state index contributed by atoms with van der Waals surface area (Å²) in [6, 6.07) is 3.00. The second-order valence-corrected chi connectivity index (χ2v) is 5.61. The quantitative estimate of drug-likeness (QED) is 0.560. The van der Waals surface area contributed by atoms with E-state index in [1.807, 2.05) is 0 Å². The van der Waals surface area contributed by atoms with E-state index >= 15 is 0 Å². The molecule has 0 saturated heterocycles. The molecule has 2 aromatic rings. The normalized spacial score (nSPS) is 12.1. The van der Waals surface area contributed by atoms with Crippen LogP contribution in [0, 0.1) is 5.21 Å². The van der Waals surface area contributed by atoms with Crippen LogP contribution in [0.4, 0.5) is 0 Å². The molecule has 0 fully saturated rings. The number of aromatic nitrogens is 1. The summed E-state index contributed by atoms with van der Waals surface area (Å²) in [5.41, 5.74) is 0. The van der Waals surface area contributed by atoms with Crippen LogP contribution in [0.2, 0.25) is 0 Å². The number of hydrogen-bond donors (Lipinski definition) is 1. The maximum atomic E-state index is 11.0. The number of fused-ring (bicyclic) bond motifs is 1. The fraction of sp³-hybridized carbons (Fsp3) is 0. The van der Waals surface area contributed by atoms with Crippen molar-refractivity contribution in [3.8, 4) is 0 Å². The van der Waals surface area contributed by atoms with Crippen molar-refractivity contribution in [1.29, 1.82) is 0 Å². The summed E-state index contributed by atoms with van der Waals surface area (Å²) in [5, 5.41) is 16.5. The molecule has 0 aliphatic carbocycles. The predicted molar refractivity (Wildman–Crippen MR) is 52.2 cm³/mol. The van der Waals surface area contributed by atoms with E-state index in [1.165, 1.54) is 18.5 Å². The van der Waals surface area contributed by atoms with E-state index in [4.69, 9.17) is 5.14 Å². The first-order valence-electron chi connectivity index (χ1n) is 3.62. The van der Waals surface area contributed by atoms with Gasteiger partial charge in [-0.2, -0.15) is 4.73 Å². The third-order valence-corrected chi connectivity index (χ3v) is 4.20. The van der Waals surface area contributed by atoms with Crippen LogP contribution in [0.25, 0.3) is 10.1 Å². The van der Waals surface area contributed by atoms with E-state index < -0.39 is 10.0 Å². The van der Waals surface area contributed by atoms with Gasteiger partial charge < -0.3 is 5.21 Å². The highest BCUT2D eigenvalue weighted by Gasteiger charge is 2.13. The Kier molecular flexibility index (Phi) is 1.95. The van der Waals surface area contributed by atoms with Crippen LogP contribution in [0.15, 0.2) is 28.7 Å². The second kappa shape index (κ2) is 2.91. The van der Waals surface area contributed by atoms with Gasteiger partial charge in [-0.25, -0.2) is 13.6 Å². The van der Waals surface area contributed by atoms with Crippen molar-refractivity contribution in [3.63, 3.8) is 0 Å². The number of hydrogen-bond acceptors (Lipinski definition) is 4. The van der Waals surface area contributed by atoms with E-state index in [9.17, 15) is 13.6 Å². The minimum absolute atomic E-state index is 0.0682. The van der Waals surface area contributed by atoms with E-state index in [-0.39, 0.29) is 4.21 Å². The largest absolute Gasteiger partial charge is 0.619 e. The molecule has 0 aliphatic heterocycles. The molecule has 2 heterocycles. The lowest BCUT2D eigenvalue weighted by Gasteiger charge is -1.91. The van der Waals surface area contributed by atoms with Gasteiger partial charge >= 0.3 is 0 Å². The number of thiophene rings is 1. The Hall–Kier alpha value is -1.18. The van der Waals surface area contributed by atoms with Gasteiger partial charge in [-0.15, -0.1) is 11.3 Å². The molecule has 5 nitrogen and oxygen atoms in total. The summed E-state index contributed by atoms with van der Waals surface area (Å²) < 4.78 is 23.3. The molecular weight excluding hydrogens is 224 g/mol. The van der Waals surface area contributed by atoms with Crippen molar-refractivity contribution in [2.75, 3.05) is 0 Å². The lowest BCUT2D eigenvalue weighted by molar-refractivity contribution is -0.603. The van der Waals surface area contributed by atoms with Crippen molar-refractivity contribution >= 4 is 31.4 Å². The van der Waals surface area contributed by atoms with Crippen molar-refractivity contribution in [1.82, 2.24) is 0 Å². The lowest BCUT2D eigenvalue weighted by atomic mass is 10.3. The van der Waals surface area contributed by atoms with Crippen LogP contribution in [-0.2, 0) is 10.0 Å². The van der Waals surface area contributed by atoms with Crippen LogP contribution >= 0.6 is 11.3 Å². The van der Waals surface area contributed by atoms with Crippen LogP contribution in [0.5, 0.6) is 0 Å². The molecule has 0 spiro atoms. The Bertz CT molecular complexity index is 588. The van der Waals surface area contributed by atoms with Gasteiger partial charge in [-0.1, -0.05) is 0 Å². The van der Waals surface area contributed by atoms with E-state index in [0.717, 1.165) is 11.3 Å². The number of nitrogens with two attached hydrogens (primary N) is 1. The number of nitrogens with zero attached hydrogens (tertiary/aromatic N) is 1. The fourth-order valence-corrected chi connectivity index (χ4v) is 2.91. The molecule has 14 heavy (non-hydrogen) atoms. The minimum Gasteiger partial charge on any atom is -0.619 e. The molecule has 2 rings (SSSR count). The first-order chi connectivity index (χ1) is 6.47. The molecule has 0 unspecified atom stereocenters. The van der Waals surface area contributed by atoms with Gasteiger partial charge in [0.1, 0.15) is 8.91 Å². The summed E-state index contributed by atoms with van der Waals surface area (Å²) in [6.45, 7) is 0.